The van der Waals surface area contributed by atoms with Crippen molar-refractivity contribution in [3.8, 4) is 28.7 Å². The van der Waals surface area contributed by atoms with E-state index in [1.807, 2.05) is 24.3 Å². The van der Waals surface area contributed by atoms with Crippen molar-refractivity contribution in [1.82, 2.24) is 10.2 Å². The van der Waals surface area contributed by atoms with E-state index in [0.29, 0.717) is 33.6 Å². The molecule has 0 spiro atoms. The molecule has 0 saturated heterocycles. The second kappa shape index (κ2) is 10.9. The van der Waals surface area contributed by atoms with E-state index < -0.39 is 0 Å². The number of carbonyl (C=O) groups is 1. The SMILES string of the molecule is COc1cc(-c2nnc(COC(=O)CCSc3ccc(Cl)cc3)o2)cc(OC)c1OC. The van der Waals surface area contributed by atoms with Crippen molar-refractivity contribution >= 4 is 29.3 Å². The van der Waals surface area contributed by atoms with Crippen molar-refractivity contribution < 1.29 is 28.2 Å². The number of hydrogen-bond acceptors (Lipinski definition) is 9. The molecule has 0 radical (unpaired) electrons. The van der Waals surface area contributed by atoms with Crippen molar-refractivity contribution in [3.63, 3.8) is 0 Å². The Kier molecular flexibility index (Phi) is 8.02. The molecule has 164 valence electrons. The van der Waals surface area contributed by atoms with Gasteiger partial charge in [-0.15, -0.1) is 22.0 Å². The molecule has 1 aromatic heterocycles. The van der Waals surface area contributed by atoms with E-state index in [0.717, 1.165) is 4.90 Å². The molecule has 0 unspecified atom stereocenters. The third-order valence-electron chi connectivity index (χ3n) is 4.12. The summed E-state index contributed by atoms with van der Waals surface area (Å²) in [4.78, 5) is 13.0. The molecule has 1 heterocycles. The smallest absolute Gasteiger partial charge is 0.307 e. The van der Waals surface area contributed by atoms with Gasteiger partial charge in [-0.25, -0.2) is 0 Å². The minimum atomic E-state index is -0.353. The van der Waals surface area contributed by atoms with Crippen LogP contribution in [0.4, 0.5) is 0 Å². The number of aromatic nitrogens is 2. The van der Waals surface area contributed by atoms with Gasteiger partial charge < -0.3 is 23.4 Å². The van der Waals surface area contributed by atoms with Crippen LogP contribution in [-0.4, -0.2) is 43.2 Å². The predicted octanol–water partition coefficient (Wildman–Crippen LogP) is 4.64. The Hall–Kier alpha value is -2.91. The topological polar surface area (TPSA) is 92.9 Å². The summed E-state index contributed by atoms with van der Waals surface area (Å²) < 4.78 is 26.8. The zero-order valence-electron chi connectivity index (χ0n) is 17.2. The van der Waals surface area contributed by atoms with Crippen LogP contribution in [0, 0.1) is 0 Å². The summed E-state index contributed by atoms with van der Waals surface area (Å²) in [6.07, 6.45) is 0.251. The van der Waals surface area contributed by atoms with Gasteiger partial charge in [-0.1, -0.05) is 11.6 Å². The number of halogens is 1. The number of rotatable bonds is 10. The van der Waals surface area contributed by atoms with Crippen molar-refractivity contribution in [3.05, 3.63) is 47.3 Å². The second-order valence-corrected chi connectivity index (χ2v) is 7.73. The highest BCUT2D eigenvalue weighted by Crippen LogP contribution is 2.40. The maximum Gasteiger partial charge on any atom is 0.307 e. The van der Waals surface area contributed by atoms with Crippen LogP contribution in [0.1, 0.15) is 12.3 Å². The first kappa shape index (κ1) is 22.8. The molecule has 31 heavy (non-hydrogen) atoms. The van der Waals surface area contributed by atoms with Crippen LogP contribution >= 0.6 is 23.4 Å². The van der Waals surface area contributed by atoms with Crippen LogP contribution in [0.15, 0.2) is 45.7 Å². The van der Waals surface area contributed by atoms with E-state index >= 15 is 0 Å². The Morgan fingerprint density at radius 2 is 1.71 bits per heavy atom. The fraction of sp³-hybridized carbons (Fsp3) is 0.286. The summed E-state index contributed by atoms with van der Waals surface area (Å²) in [7, 11) is 4.56. The van der Waals surface area contributed by atoms with E-state index in [1.165, 1.54) is 21.3 Å². The summed E-state index contributed by atoms with van der Waals surface area (Å²) in [6.45, 7) is -0.109. The molecule has 0 bridgehead atoms. The summed E-state index contributed by atoms with van der Waals surface area (Å²) in [5.41, 5.74) is 0.582. The van der Waals surface area contributed by atoms with Gasteiger partial charge in [-0.3, -0.25) is 4.79 Å². The predicted molar refractivity (Wildman–Crippen MR) is 116 cm³/mol. The molecule has 0 aliphatic heterocycles. The third-order valence-corrected chi connectivity index (χ3v) is 5.39. The number of esters is 1. The first-order valence-electron chi connectivity index (χ1n) is 9.20. The van der Waals surface area contributed by atoms with Gasteiger partial charge in [0.2, 0.25) is 11.6 Å². The maximum absolute atomic E-state index is 12.0. The van der Waals surface area contributed by atoms with E-state index in [-0.39, 0.29) is 30.8 Å². The number of methoxy groups -OCH3 is 3. The van der Waals surface area contributed by atoms with Crippen molar-refractivity contribution in [1.29, 1.82) is 0 Å². The lowest BCUT2D eigenvalue weighted by molar-refractivity contribution is -0.145. The van der Waals surface area contributed by atoms with Gasteiger partial charge in [0.25, 0.3) is 5.89 Å². The van der Waals surface area contributed by atoms with Gasteiger partial charge >= 0.3 is 5.97 Å². The molecule has 0 fully saturated rings. The normalized spacial score (nSPS) is 10.6. The van der Waals surface area contributed by atoms with Gasteiger partial charge in [-0.2, -0.15) is 0 Å². The van der Waals surface area contributed by atoms with Crippen LogP contribution in [0.5, 0.6) is 17.2 Å². The van der Waals surface area contributed by atoms with E-state index in [2.05, 4.69) is 10.2 Å². The summed E-state index contributed by atoms with van der Waals surface area (Å²) in [5, 5.41) is 8.61. The molecule has 0 N–H and O–H groups in total. The van der Waals surface area contributed by atoms with Crippen LogP contribution in [0.25, 0.3) is 11.5 Å². The quantitative estimate of drug-likeness (QED) is 0.314. The molecule has 10 heteroatoms. The standard InChI is InChI=1S/C21H21ClN2O6S/c1-26-16-10-13(11-17(27-2)20(16)28-3)21-24-23-18(30-21)12-29-19(25)8-9-31-15-6-4-14(22)5-7-15/h4-7,10-11H,8-9,12H2,1-3H3. The van der Waals surface area contributed by atoms with Gasteiger partial charge in [0, 0.05) is 21.2 Å². The van der Waals surface area contributed by atoms with Crippen molar-refractivity contribution in [2.75, 3.05) is 27.1 Å². The molecule has 2 aromatic carbocycles. The molecule has 3 aromatic rings. The summed E-state index contributed by atoms with van der Waals surface area (Å²) in [5.74, 6) is 2.03. The van der Waals surface area contributed by atoms with E-state index in [4.69, 9.17) is 35.0 Å². The first-order chi connectivity index (χ1) is 15.0. The molecule has 0 aliphatic carbocycles. The van der Waals surface area contributed by atoms with Gasteiger partial charge in [0.05, 0.1) is 27.8 Å². The van der Waals surface area contributed by atoms with Crippen molar-refractivity contribution in [2.45, 2.75) is 17.9 Å². The van der Waals surface area contributed by atoms with Crippen LogP contribution < -0.4 is 14.2 Å². The Morgan fingerprint density at radius 3 is 2.32 bits per heavy atom. The fourth-order valence-electron chi connectivity index (χ4n) is 2.63. The molecule has 3 rings (SSSR count). The Labute approximate surface area is 188 Å². The van der Waals surface area contributed by atoms with E-state index in [9.17, 15) is 4.79 Å². The lowest BCUT2D eigenvalue weighted by Crippen LogP contribution is -2.05. The zero-order chi connectivity index (χ0) is 22.2. The lowest BCUT2D eigenvalue weighted by Gasteiger charge is -2.12. The average Bonchev–Trinajstić information content (AvgIpc) is 3.27. The molecule has 8 nitrogen and oxygen atoms in total. The molecular formula is C21H21ClN2O6S. The monoisotopic (exact) mass is 464 g/mol. The molecular weight excluding hydrogens is 444 g/mol. The van der Waals surface area contributed by atoms with Crippen LogP contribution in [0.2, 0.25) is 5.02 Å². The van der Waals surface area contributed by atoms with Crippen LogP contribution in [-0.2, 0) is 16.1 Å². The number of benzene rings is 2. The largest absolute Gasteiger partial charge is 0.493 e. The lowest BCUT2D eigenvalue weighted by atomic mass is 10.2. The van der Waals surface area contributed by atoms with Crippen molar-refractivity contribution in [2.24, 2.45) is 0 Å². The zero-order valence-corrected chi connectivity index (χ0v) is 18.8. The Morgan fingerprint density at radius 1 is 1.03 bits per heavy atom. The number of ether oxygens (including phenoxy) is 4. The number of hydrogen-bond donors (Lipinski definition) is 0. The number of thioether (sulfide) groups is 1. The molecule has 0 aliphatic rings. The third kappa shape index (κ3) is 6.05. The molecule has 0 amide bonds. The highest BCUT2D eigenvalue weighted by molar-refractivity contribution is 7.99. The van der Waals surface area contributed by atoms with E-state index in [1.54, 1.807) is 23.9 Å². The Bertz CT molecular complexity index is 1000. The molecule has 0 saturated carbocycles. The molecule has 0 atom stereocenters. The fourth-order valence-corrected chi connectivity index (χ4v) is 3.59. The minimum Gasteiger partial charge on any atom is -0.493 e. The summed E-state index contributed by atoms with van der Waals surface area (Å²) >= 11 is 7.40. The van der Waals surface area contributed by atoms with Crippen LogP contribution in [0.3, 0.4) is 0 Å². The number of carbonyl (C=O) groups excluding carboxylic acids is 1. The average molecular weight is 465 g/mol. The van der Waals surface area contributed by atoms with Gasteiger partial charge in [0.1, 0.15) is 0 Å². The summed E-state index contributed by atoms with van der Waals surface area (Å²) in [6, 6.07) is 10.8. The van der Waals surface area contributed by atoms with Gasteiger partial charge in [0.15, 0.2) is 18.1 Å². The first-order valence-corrected chi connectivity index (χ1v) is 10.6. The van der Waals surface area contributed by atoms with Gasteiger partial charge in [-0.05, 0) is 36.4 Å². The minimum absolute atomic E-state index is 0.109. The number of nitrogens with zero attached hydrogens (tertiary/aromatic N) is 2. The highest BCUT2D eigenvalue weighted by Gasteiger charge is 2.18. The Balaban J connectivity index is 1.55. The highest BCUT2D eigenvalue weighted by atomic mass is 35.5. The second-order valence-electron chi connectivity index (χ2n) is 6.13. The maximum atomic E-state index is 12.0.